The lowest BCUT2D eigenvalue weighted by molar-refractivity contribution is -0.188. The molecule has 0 N–H and O–H groups in total. The Morgan fingerprint density at radius 1 is 1.12 bits per heavy atom. The zero-order valence-electron chi connectivity index (χ0n) is 13.2. The van der Waals surface area contributed by atoms with Gasteiger partial charge in [0.15, 0.2) is 5.79 Å². The van der Waals surface area contributed by atoms with Gasteiger partial charge < -0.3 is 9.47 Å². The van der Waals surface area contributed by atoms with Crippen LogP contribution in [0.2, 0.25) is 5.02 Å². The van der Waals surface area contributed by atoms with Crippen molar-refractivity contribution in [3.63, 3.8) is 0 Å². The molecule has 0 unspecified atom stereocenters. The number of likely N-dealkylation sites (tertiary alicyclic amines) is 1. The molecule has 128 valence electrons. The Morgan fingerprint density at radius 3 is 2.50 bits per heavy atom. The average Bonchev–Trinajstić information content (AvgIpc) is 3.13. The summed E-state index contributed by atoms with van der Waals surface area (Å²) >= 11 is 5.99. The van der Waals surface area contributed by atoms with Crippen molar-refractivity contribution in [2.24, 2.45) is 0 Å². The first-order chi connectivity index (χ1) is 11.6. The largest absolute Gasteiger partial charge is 0.347 e. The van der Waals surface area contributed by atoms with E-state index in [2.05, 4.69) is 4.90 Å². The van der Waals surface area contributed by atoms with E-state index in [1.807, 2.05) is 0 Å². The molecule has 3 aliphatic heterocycles. The molecule has 4 rings (SSSR count). The lowest BCUT2D eigenvalue weighted by Crippen LogP contribution is -2.51. The summed E-state index contributed by atoms with van der Waals surface area (Å²) in [7, 11) is 0. The Hall–Kier alpha value is -1.47. The van der Waals surface area contributed by atoms with Crippen molar-refractivity contribution in [3.8, 4) is 0 Å². The average molecular weight is 351 g/mol. The van der Waals surface area contributed by atoms with E-state index in [1.165, 1.54) is 4.90 Å². The van der Waals surface area contributed by atoms with Crippen LogP contribution < -0.4 is 4.90 Å². The molecule has 1 aromatic rings. The summed E-state index contributed by atoms with van der Waals surface area (Å²) in [5.74, 6) is -0.832. The molecule has 3 fully saturated rings. The maximum Gasteiger partial charge on any atom is 0.251 e. The van der Waals surface area contributed by atoms with E-state index in [-0.39, 0.29) is 18.2 Å². The second-order valence-corrected chi connectivity index (χ2v) is 6.85. The van der Waals surface area contributed by atoms with Gasteiger partial charge in [0.05, 0.1) is 31.4 Å². The minimum atomic E-state index is -0.477. The number of nitrogens with zero attached hydrogens (tertiary/aromatic N) is 2. The lowest BCUT2D eigenvalue weighted by Gasteiger charge is -2.39. The van der Waals surface area contributed by atoms with E-state index >= 15 is 0 Å². The molecule has 3 heterocycles. The van der Waals surface area contributed by atoms with Crippen LogP contribution in [0.15, 0.2) is 24.3 Å². The number of anilines is 1. The molecule has 3 saturated heterocycles. The Morgan fingerprint density at radius 2 is 1.83 bits per heavy atom. The third-order valence-electron chi connectivity index (χ3n) is 5.00. The van der Waals surface area contributed by atoms with Gasteiger partial charge in [0.2, 0.25) is 5.91 Å². The first-order valence-corrected chi connectivity index (χ1v) is 8.60. The Kier molecular flexibility index (Phi) is 4.08. The fourth-order valence-electron chi connectivity index (χ4n) is 3.75. The van der Waals surface area contributed by atoms with Crippen LogP contribution in [0.3, 0.4) is 0 Å². The van der Waals surface area contributed by atoms with E-state index < -0.39 is 11.8 Å². The van der Waals surface area contributed by atoms with Crippen molar-refractivity contribution in [2.75, 3.05) is 31.2 Å². The minimum Gasteiger partial charge on any atom is -0.347 e. The topological polar surface area (TPSA) is 59.1 Å². The number of hydrogen-bond acceptors (Lipinski definition) is 5. The van der Waals surface area contributed by atoms with E-state index in [0.29, 0.717) is 37.0 Å². The highest BCUT2D eigenvalue weighted by Gasteiger charge is 2.47. The highest BCUT2D eigenvalue weighted by molar-refractivity contribution is 6.31. The van der Waals surface area contributed by atoms with E-state index in [4.69, 9.17) is 21.1 Å². The first-order valence-electron chi connectivity index (χ1n) is 8.22. The fourth-order valence-corrected chi connectivity index (χ4v) is 3.93. The van der Waals surface area contributed by atoms with Crippen LogP contribution in [0.5, 0.6) is 0 Å². The summed E-state index contributed by atoms with van der Waals surface area (Å²) in [6.07, 6.45) is 1.66. The molecule has 1 atom stereocenters. The molecule has 6 nitrogen and oxygen atoms in total. The standard InChI is InChI=1S/C17H19ClN2O4/c18-12-2-1-3-13(10-12)20-15(21)11-14(16(20)22)19-6-4-17(5-7-19)23-8-9-24-17/h1-3,10,14H,4-9,11H2/t14-/m1/s1. The summed E-state index contributed by atoms with van der Waals surface area (Å²) in [5.41, 5.74) is 0.538. The van der Waals surface area contributed by atoms with Crippen LogP contribution in [-0.2, 0) is 19.1 Å². The third kappa shape index (κ3) is 2.73. The number of amides is 2. The van der Waals surface area contributed by atoms with Gasteiger partial charge in [0, 0.05) is 31.0 Å². The van der Waals surface area contributed by atoms with Crippen molar-refractivity contribution >= 4 is 29.1 Å². The molecule has 0 radical (unpaired) electrons. The first kappa shape index (κ1) is 16.0. The van der Waals surface area contributed by atoms with E-state index in [0.717, 1.165) is 12.8 Å². The second-order valence-electron chi connectivity index (χ2n) is 6.41. The van der Waals surface area contributed by atoms with Crippen LogP contribution >= 0.6 is 11.6 Å². The lowest BCUT2D eigenvalue weighted by atomic mass is 10.0. The van der Waals surface area contributed by atoms with Gasteiger partial charge in [-0.2, -0.15) is 0 Å². The maximum atomic E-state index is 12.8. The maximum absolute atomic E-state index is 12.8. The number of ether oxygens (including phenoxy) is 2. The molecule has 0 aromatic heterocycles. The molecule has 24 heavy (non-hydrogen) atoms. The zero-order chi connectivity index (χ0) is 16.7. The molecule has 3 aliphatic rings. The number of imide groups is 1. The van der Waals surface area contributed by atoms with Gasteiger partial charge in [-0.05, 0) is 18.2 Å². The van der Waals surface area contributed by atoms with Gasteiger partial charge in [0.1, 0.15) is 0 Å². The quantitative estimate of drug-likeness (QED) is 0.761. The van der Waals surface area contributed by atoms with E-state index in [9.17, 15) is 9.59 Å². The van der Waals surface area contributed by atoms with Crippen LogP contribution in [0, 0.1) is 0 Å². The van der Waals surface area contributed by atoms with Crippen LogP contribution in [0.4, 0.5) is 5.69 Å². The van der Waals surface area contributed by atoms with Gasteiger partial charge >= 0.3 is 0 Å². The number of rotatable bonds is 2. The third-order valence-corrected chi connectivity index (χ3v) is 5.24. The van der Waals surface area contributed by atoms with Crippen LogP contribution in [-0.4, -0.2) is 54.8 Å². The summed E-state index contributed by atoms with van der Waals surface area (Å²) in [4.78, 5) is 28.5. The molecular formula is C17H19ClN2O4. The monoisotopic (exact) mass is 350 g/mol. The van der Waals surface area contributed by atoms with Crippen LogP contribution in [0.1, 0.15) is 19.3 Å². The number of benzene rings is 1. The predicted octanol–water partition coefficient (Wildman–Crippen LogP) is 1.81. The highest BCUT2D eigenvalue weighted by Crippen LogP contribution is 2.34. The fraction of sp³-hybridized carbons (Fsp3) is 0.529. The van der Waals surface area contributed by atoms with E-state index in [1.54, 1.807) is 24.3 Å². The molecule has 7 heteroatoms. The van der Waals surface area contributed by atoms with Crippen molar-refractivity contribution in [1.29, 1.82) is 0 Å². The summed E-state index contributed by atoms with van der Waals surface area (Å²) in [6, 6.07) is 6.43. The van der Waals surface area contributed by atoms with Gasteiger partial charge in [-0.25, -0.2) is 4.90 Å². The summed E-state index contributed by atoms with van der Waals surface area (Å²) in [6.45, 7) is 2.63. The van der Waals surface area contributed by atoms with Crippen molar-refractivity contribution in [3.05, 3.63) is 29.3 Å². The molecule has 1 spiro atoms. The molecule has 0 saturated carbocycles. The van der Waals surface area contributed by atoms with Gasteiger partial charge in [-0.15, -0.1) is 0 Å². The van der Waals surface area contributed by atoms with Crippen molar-refractivity contribution < 1.29 is 19.1 Å². The smallest absolute Gasteiger partial charge is 0.251 e. The summed E-state index contributed by atoms with van der Waals surface area (Å²) in [5, 5.41) is 0.506. The molecule has 0 aliphatic carbocycles. The molecule has 2 amide bonds. The SMILES string of the molecule is O=C1C[C@@H](N2CCC3(CC2)OCCO3)C(=O)N1c1cccc(Cl)c1. The van der Waals surface area contributed by atoms with Gasteiger partial charge in [-0.3, -0.25) is 14.5 Å². The number of piperidine rings is 1. The minimum absolute atomic E-state index is 0.175. The number of halogens is 1. The van der Waals surface area contributed by atoms with Crippen molar-refractivity contribution in [1.82, 2.24) is 4.90 Å². The normalized spacial score (nSPS) is 27.4. The van der Waals surface area contributed by atoms with Gasteiger partial charge in [-0.1, -0.05) is 17.7 Å². The number of carbonyl (C=O) groups excluding carboxylic acids is 2. The Bertz CT molecular complexity index is 664. The summed E-state index contributed by atoms with van der Waals surface area (Å²) < 4.78 is 11.4. The highest BCUT2D eigenvalue weighted by atomic mass is 35.5. The zero-order valence-corrected chi connectivity index (χ0v) is 14.0. The van der Waals surface area contributed by atoms with Gasteiger partial charge in [0.25, 0.3) is 5.91 Å². The molecular weight excluding hydrogens is 332 g/mol. The van der Waals surface area contributed by atoms with Crippen LogP contribution in [0.25, 0.3) is 0 Å². The molecule has 0 bridgehead atoms. The predicted molar refractivity (Wildman–Crippen MR) is 87.8 cm³/mol. The number of carbonyl (C=O) groups is 2. The Labute approximate surface area is 145 Å². The number of hydrogen-bond donors (Lipinski definition) is 0. The van der Waals surface area contributed by atoms with Crippen molar-refractivity contribution in [2.45, 2.75) is 31.1 Å². The molecule has 1 aromatic carbocycles. The second kappa shape index (κ2) is 6.11. The Balaban J connectivity index is 1.48.